The lowest BCUT2D eigenvalue weighted by Crippen LogP contribution is -2.07. The van der Waals surface area contributed by atoms with Crippen molar-refractivity contribution in [1.29, 1.82) is 0 Å². The number of aromatic nitrogens is 3. The Hall–Kier alpha value is -1.73. The molecule has 0 saturated heterocycles. The molecule has 0 unspecified atom stereocenters. The molecule has 1 N–H and O–H groups in total. The Labute approximate surface area is 132 Å². The van der Waals surface area contributed by atoms with Crippen molar-refractivity contribution in [2.45, 2.75) is 16.8 Å². The van der Waals surface area contributed by atoms with Gasteiger partial charge in [0.1, 0.15) is 11.5 Å². The summed E-state index contributed by atoms with van der Waals surface area (Å²) in [5, 5.41) is 0.585. The number of thioether (sulfide) groups is 1. The van der Waals surface area contributed by atoms with Crippen LogP contribution < -0.4 is 0 Å². The van der Waals surface area contributed by atoms with Crippen molar-refractivity contribution < 1.29 is 13.2 Å². The van der Waals surface area contributed by atoms with Gasteiger partial charge in [-0.3, -0.25) is 4.98 Å². The number of aromatic amines is 1. The third-order valence-corrected chi connectivity index (χ3v) is 4.13. The molecule has 2 aromatic heterocycles. The first-order valence-corrected chi connectivity index (χ1v) is 7.58. The maximum Gasteiger partial charge on any atom is 0.433 e. The summed E-state index contributed by atoms with van der Waals surface area (Å²) in [4.78, 5) is 11.3. The van der Waals surface area contributed by atoms with Crippen LogP contribution in [0.15, 0.2) is 41.4 Å². The topological polar surface area (TPSA) is 41.6 Å². The Morgan fingerprint density at radius 1 is 1.18 bits per heavy atom. The number of halogens is 4. The van der Waals surface area contributed by atoms with Gasteiger partial charge in [0.2, 0.25) is 0 Å². The third kappa shape index (κ3) is 3.36. The highest BCUT2D eigenvalue weighted by Crippen LogP contribution is 2.31. The lowest BCUT2D eigenvalue weighted by Gasteiger charge is -2.06. The molecule has 0 fully saturated rings. The minimum Gasteiger partial charge on any atom is -0.341 e. The first-order valence-electron chi connectivity index (χ1n) is 6.22. The monoisotopic (exact) mass is 343 g/mol. The Morgan fingerprint density at radius 3 is 2.77 bits per heavy atom. The van der Waals surface area contributed by atoms with Crippen molar-refractivity contribution in [3.05, 3.63) is 53.1 Å². The van der Waals surface area contributed by atoms with Crippen LogP contribution in [0.1, 0.15) is 11.5 Å². The summed E-state index contributed by atoms with van der Waals surface area (Å²) in [7, 11) is 0. The van der Waals surface area contributed by atoms with Gasteiger partial charge in [-0.05, 0) is 30.3 Å². The predicted molar refractivity (Wildman–Crippen MR) is 79.9 cm³/mol. The average Bonchev–Trinajstić information content (AvgIpc) is 2.86. The molecule has 3 aromatic rings. The van der Waals surface area contributed by atoms with Crippen molar-refractivity contribution in [3.8, 4) is 0 Å². The van der Waals surface area contributed by atoms with Crippen molar-refractivity contribution in [2.75, 3.05) is 0 Å². The molecule has 2 heterocycles. The van der Waals surface area contributed by atoms with Crippen molar-refractivity contribution in [1.82, 2.24) is 15.0 Å². The van der Waals surface area contributed by atoms with E-state index in [0.29, 0.717) is 21.5 Å². The van der Waals surface area contributed by atoms with E-state index >= 15 is 0 Å². The zero-order valence-corrected chi connectivity index (χ0v) is 12.6. The first kappa shape index (κ1) is 15.2. The van der Waals surface area contributed by atoms with Crippen molar-refractivity contribution >= 4 is 34.4 Å². The highest BCUT2D eigenvalue weighted by atomic mass is 35.5. The molecule has 0 amide bonds. The molecule has 3 nitrogen and oxygen atoms in total. The number of benzene rings is 1. The van der Waals surface area contributed by atoms with Gasteiger partial charge in [0.15, 0.2) is 0 Å². The highest BCUT2D eigenvalue weighted by molar-refractivity contribution is 7.98. The number of hydrogen-bond donors (Lipinski definition) is 1. The van der Waals surface area contributed by atoms with Crippen LogP contribution in [0.25, 0.3) is 11.0 Å². The van der Waals surface area contributed by atoms with E-state index in [1.54, 1.807) is 18.2 Å². The summed E-state index contributed by atoms with van der Waals surface area (Å²) in [5.41, 5.74) is 0.674. The minimum absolute atomic E-state index is 0.424. The van der Waals surface area contributed by atoms with Crippen molar-refractivity contribution in [2.24, 2.45) is 0 Å². The summed E-state index contributed by atoms with van der Waals surface area (Å²) < 4.78 is 37.8. The number of imidazole rings is 1. The lowest BCUT2D eigenvalue weighted by atomic mass is 10.3. The van der Waals surface area contributed by atoms with E-state index in [0.717, 1.165) is 23.3 Å². The average molecular weight is 344 g/mol. The molecule has 0 bridgehead atoms. The van der Waals surface area contributed by atoms with E-state index in [-0.39, 0.29) is 0 Å². The van der Waals surface area contributed by atoms with Crippen LogP contribution in [0.5, 0.6) is 0 Å². The van der Waals surface area contributed by atoms with Gasteiger partial charge in [-0.15, -0.1) is 11.8 Å². The van der Waals surface area contributed by atoms with Crippen LogP contribution >= 0.6 is 23.4 Å². The van der Waals surface area contributed by atoms with Gasteiger partial charge >= 0.3 is 6.18 Å². The van der Waals surface area contributed by atoms with Crippen LogP contribution in [0, 0.1) is 0 Å². The number of pyridine rings is 1. The van der Waals surface area contributed by atoms with Crippen LogP contribution in [0.4, 0.5) is 13.2 Å². The minimum atomic E-state index is -4.44. The van der Waals surface area contributed by atoms with E-state index in [4.69, 9.17) is 11.6 Å². The zero-order valence-electron chi connectivity index (χ0n) is 11.0. The number of H-pyrrole nitrogens is 1. The van der Waals surface area contributed by atoms with Crippen molar-refractivity contribution in [3.63, 3.8) is 0 Å². The maximum atomic E-state index is 12.6. The first-order chi connectivity index (χ1) is 10.4. The van der Waals surface area contributed by atoms with Crippen LogP contribution in [-0.2, 0) is 11.9 Å². The molecule has 22 heavy (non-hydrogen) atoms. The molecule has 0 aliphatic rings. The molecule has 0 aliphatic heterocycles. The molecule has 0 spiro atoms. The third-order valence-electron chi connectivity index (χ3n) is 2.89. The van der Waals surface area contributed by atoms with E-state index < -0.39 is 11.9 Å². The van der Waals surface area contributed by atoms with Gasteiger partial charge in [-0.2, -0.15) is 13.2 Å². The van der Waals surface area contributed by atoms with E-state index in [1.165, 1.54) is 11.8 Å². The molecule has 0 saturated carbocycles. The smallest absolute Gasteiger partial charge is 0.341 e. The Morgan fingerprint density at radius 2 is 2.00 bits per heavy atom. The van der Waals surface area contributed by atoms with E-state index in [9.17, 15) is 13.2 Å². The maximum absolute atomic E-state index is 12.6. The number of fused-ring (bicyclic) bond motifs is 1. The van der Waals surface area contributed by atoms with Crippen LogP contribution in [0.3, 0.4) is 0 Å². The molecule has 0 radical (unpaired) electrons. The summed E-state index contributed by atoms with van der Waals surface area (Å²) in [5.74, 6) is 1.10. The second kappa shape index (κ2) is 5.81. The van der Waals surface area contributed by atoms with Gasteiger partial charge in [-0.1, -0.05) is 11.6 Å². The Bertz CT molecular complexity index is 816. The van der Waals surface area contributed by atoms with Gasteiger partial charge in [-0.25, -0.2) is 4.98 Å². The van der Waals surface area contributed by atoms with Gasteiger partial charge < -0.3 is 4.98 Å². The second-order valence-electron chi connectivity index (χ2n) is 4.51. The quantitative estimate of drug-likeness (QED) is 0.686. The summed E-state index contributed by atoms with van der Waals surface area (Å²) >= 11 is 7.14. The molecule has 3 rings (SSSR count). The molecule has 0 aliphatic carbocycles. The van der Waals surface area contributed by atoms with Gasteiger partial charge in [0.05, 0.1) is 16.8 Å². The fourth-order valence-electron chi connectivity index (χ4n) is 1.91. The summed E-state index contributed by atoms with van der Waals surface area (Å²) in [6, 6.07) is 7.86. The standard InChI is InChI=1S/C14H9ClF3N3S/c15-8-1-2-10-11(5-8)21-13(20-10)7-22-9-3-4-19-12(6-9)14(16,17)18/h1-6H,7H2,(H,20,21). The number of alkyl halides is 3. The molecule has 114 valence electrons. The van der Waals surface area contributed by atoms with Gasteiger partial charge in [0.25, 0.3) is 0 Å². The van der Waals surface area contributed by atoms with Gasteiger partial charge in [0, 0.05) is 16.1 Å². The van der Waals surface area contributed by atoms with Crippen LogP contribution in [0.2, 0.25) is 5.02 Å². The summed E-state index contributed by atoms with van der Waals surface area (Å²) in [6.07, 6.45) is -3.28. The molecular weight excluding hydrogens is 335 g/mol. The SMILES string of the molecule is FC(F)(F)c1cc(SCc2nc3cc(Cl)ccc3[nH]2)ccn1. The molecule has 8 heteroatoms. The Balaban J connectivity index is 1.76. The molecule has 0 atom stereocenters. The number of nitrogens with zero attached hydrogens (tertiary/aromatic N) is 2. The predicted octanol–water partition coefficient (Wildman–Crippen LogP) is 4.92. The molecule has 1 aromatic carbocycles. The van der Waals surface area contributed by atoms with Crippen LogP contribution in [-0.4, -0.2) is 15.0 Å². The zero-order chi connectivity index (χ0) is 15.7. The molecular formula is C14H9ClF3N3S. The number of rotatable bonds is 3. The van der Waals surface area contributed by atoms with E-state index in [2.05, 4.69) is 15.0 Å². The fraction of sp³-hybridized carbons (Fsp3) is 0.143. The largest absolute Gasteiger partial charge is 0.433 e. The fourth-order valence-corrected chi connectivity index (χ4v) is 2.87. The Kier molecular flexibility index (Phi) is 4.01. The summed E-state index contributed by atoms with van der Waals surface area (Å²) in [6.45, 7) is 0. The number of hydrogen-bond acceptors (Lipinski definition) is 3. The highest BCUT2D eigenvalue weighted by Gasteiger charge is 2.32. The lowest BCUT2D eigenvalue weighted by molar-refractivity contribution is -0.141. The van der Waals surface area contributed by atoms with E-state index in [1.807, 2.05) is 6.07 Å². The second-order valence-corrected chi connectivity index (χ2v) is 5.99. The normalized spacial score (nSPS) is 12.0. The number of nitrogens with one attached hydrogen (secondary N) is 1.